The second-order valence-electron chi connectivity index (χ2n) is 5.44. The maximum Gasteiger partial charge on any atom is 0.0178 e. The first-order chi connectivity index (χ1) is 8.74. The smallest absolute Gasteiger partial charge is 0.0178 e. The van der Waals surface area contributed by atoms with Crippen LogP contribution in [0.4, 0.5) is 0 Å². The quantitative estimate of drug-likeness (QED) is 0.757. The molecule has 0 amide bonds. The van der Waals surface area contributed by atoms with Gasteiger partial charge in [0.15, 0.2) is 0 Å². The van der Waals surface area contributed by atoms with Crippen molar-refractivity contribution in [3.8, 4) is 0 Å². The molecule has 100 valence electrons. The standard InChI is InChI=1S/C15H23BrN2/c1-17-11-15(7-3-8-15)12-18-9-6-13-4-2-5-14(16)10-13/h2,4-5,10,17-18H,3,6-9,11-12H2,1H3. The fourth-order valence-corrected chi connectivity index (χ4v) is 3.19. The van der Waals surface area contributed by atoms with Gasteiger partial charge in [0.1, 0.15) is 0 Å². The molecule has 3 heteroatoms. The van der Waals surface area contributed by atoms with Gasteiger partial charge in [-0.3, -0.25) is 0 Å². The predicted molar refractivity (Wildman–Crippen MR) is 80.9 cm³/mol. The largest absolute Gasteiger partial charge is 0.319 e. The molecule has 0 saturated heterocycles. The summed E-state index contributed by atoms with van der Waals surface area (Å²) in [6, 6.07) is 8.58. The Hall–Kier alpha value is -0.380. The molecule has 0 aliphatic heterocycles. The number of hydrogen-bond acceptors (Lipinski definition) is 2. The molecule has 2 rings (SSSR count). The zero-order chi connectivity index (χ0) is 12.8. The van der Waals surface area contributed by atoms with Crippen molar-refractivity contribution in [2.75, 3.05) is 26.7 Å². The van der Waals surface area contributed by atoms with Gasteiger partial charge >= 0.3 is 0 Å². The van der Waals surface area contributed by atoms with Crippen molar-refractivity contribution in [1.29, 1.82) is 0 Å². The van der Waals surface area contributed by atoms with E-state index in [1.165, 1.54) is 29.3 Å². The molecule has 1 aromatic rings. The van der Waals surface area contributed by atoms with E-state index in [2.05, 4.69) is 57.9 Å². The number of benzene rings is 1. The zero-order valence-electron chi connectivity index (χ0n) is 11.1. The van der Waals surface area contributed by atoms with Crippen LogP contribution in [0.5, 0.6) is 0 Å². The van der Waals surface area contributed by atoms with Crippen LogP contribution in [0.25, 0.3) is 0 Å². The number of rotatable bonds is 7. The van der Waals surface area contributed by atoms with Crippen LogP contribution >= 0.6 is 15.9 Å². The lowest BCUT2D eigenvalue weighted by molar-refractivity contribution is 0.131. The lowest BCUT2D eigenvalue weighted by atomic mass is 9.68. The highest BCUT2D eigenvalue weighted by molar-refractivity contribution is 9.10. The molecular weight excluding hydrogens is 288 g/mol. The van der Waals surface area contributed by atoms with Crippen molar-refractivity contribution in [1.82, 2.24) is 10.6 Å². The summed E-state index contributed by atoms with van der Waals surface area (Å²) in [5.41, 5.74) is 1.93. The van der Waals surface area contributed by atoms with Gasteiger partial charge in [-0.05, 0) is 56.0 Å². The molecule has 0 unspecified atom stereocenters. The lowest BCUT2D eigenvalue weighted by Crippen LogP contribution is -2.46. The van der Waals surface area contributed by atoms with Crippen LogP contribution in [0.3, 0.4) is 0 Å². The lowest BCUT2D eigenvalue weighted by Gasteiger charge is -2.42. The third-order valence-corrected chi connectivity index (χ3v) is 4.44. The molecule has 1 aliphatic carbocycles. The molecular formula is C15H23BrN2. The van der Waals surface area contributed by atoms with Crippen molar-refractivity contribution in [2.45, 2.75) is 25.7 Å². The van der Waals surface area contributed by atoms with Crippen molar-refractivity contribution in [3.63, 3.8) is 0 Å². The van der Waals surface area contributed by atoms with Gasteiger partial charge in [-0.2, -0.15) is 0 Å². The predicted octanol–water partition coefficient (Wildman–Crippen LogP) is 2.97. The second kappa shape index (κ2) is 6.69. The molecule has 1 saturated carbocycles. The summed E-state index contributed by atoms with van der Waals surface area (Å²) in [7, 11) is 2.06. The minimum Gasteiger partial charge on any atom is -0.319 e. The van der Waals surface area contributed by atoms with Crippen molar-refractivity contribution >= 4 is 15.9 Å². The summed E-state index contributed by atoms with van der Waals surface area (Å²) >= 11 is 3.52. The van der Waals surface area contributed by atoms with Gasteiger partial charge in [0.2, 0.25) is 0 Å². The Morgan fingerprint density at radius 2 is 2.11 bits per heavy atom. The van der Waals surface area contributed by atoms with Gasteiger partial charge in [0.05, 0.1) is 0 Å². The monoisotopic (exact) mass is 310 g/mol. The average molecular weight is 311 g/mol. The zero-order valence-corrected chi connectivity index (χ0v) is 12.7. The Bertz CT molecular complexity index is 375. The Balaban J connectivity index is 1.69. The van der Waals surface area contributed by atoms with E-state index in [-0.39, 0.29) is 0 Å². The summed E-state index contributed by atoms with van der Waals surface area (Å²) < 4.78 is 1.17. The van der Waals surface area contributed by atoms with Crippen LogP contribution < -0.4 is 10.6 Å². The van der Waals surface area contributed by atoms with Crippen LogP contribution in [0.1, 0.15) is 24.8 Å². The third kappa shape index (κ3) is 3.81. The van der Waals surface area contributed by atoms with E-state index >= 15 is 0 Å². The molecule has 0 heterocycles. The summed E-state index contributed by atoms with van der Waals surface area (Å²) in [6.45, 7) is 3.38. The van der Waals surface area contributed by atoms with E-state index in [0.29, 0.717) is 5.41 Å². The summed E-state index contributed by atoms with van der Waals surface area (Å²) in [5.74, 6) is 0. The van der Waals surface area contributed by atoms with Gasteiger partial charge in [0, 0.05) is 17.6 Å². The normalized spacial score (nSPS) is 17.4. The van der Waals surface area contributed by atoms with Crippen LogP contribution in [0, 0.1) is 5.41 Å². The van der Waals surface area contributed by atoms with E-state index in [0.717, 1.165) is 26.1 Å². The average Bonchev–Trinajstić information content (AvgIpc) is 2.31. The molecule has 0 spiro atoms. The Morgan fingerprint density at radius 1 is 1.28 bits per heavy atom. The fraction of sp³-hybridized carbons (Fsp3) is 0.600. The summed E-state index contributed by atoms with van der Waals surface area (Å²) in [5, 5.41) is 6.96. The first-order valence-electron chi connectivity index (χ1n) is 6.84. The molecule has 1 aliphatic rings. The Labute approximate surface area is 119 Å². The molecule has 1 aromatic carbocycles. The highest BCUT2D eigenvalue weighted by atomic mass is 79.9. The molecule has 2 N–H and O–H groups in total. The van der Waals surface area contributed by atoms with Crippen molar-refractivity contribution in [3.05, 3.63) is 34.3 Å². The Morgan fingerprint density at radius 3 is 2.72 bits per heavy atom. The van der Waals surface area contributed by atoms with Crippen LogP contribution in [0.2, 0.25) is 0 Å². The highest BCUT2D eigenvalue weighted by Crippen LogP contribution is 2.39. The molecule has 0 atom stereocenters. The maximum absolute atomic E-state index is 3.63. The van der Waals surface area contributed by atoms with E-state index in [9.17, 15) is 0 Å². The van der Waals surface area contributed by atoms with Crippen molar-refractivity contribution < 1.29 is 0 Å². The highest BCUT2D eigenvalue weighted by Gasteiger charge is 2.35. The van der Waals surface area contributed by atoms with Gasteiger partial charge in [-0.15, -0.1) is 0 Å². The topological polar surface area (TPSA) is 24.1 Å². The first-order valence-corrected chi connectivity index (χ1v) is 7.63. The van der Waals surface area contributed by atoms with E-state index in [1.807, 2.05) is 0 Å². The van der Waals surface area contributed by atoms with E-state index in [1.54, 1.807) is 0 Å². The van der Waals surface area contributed by atoms with Crippen LogP contribution in [0.15, 0.2) is 28.7 Å². The SMILES string of the molecule is CNCC1(CNCCc2cccc(Br)c2)CCC1. The van der Waals surface area contributed by atoms with Gasteiger partial charge in [-0.25, -0.2) is 0 Å². The molecule has 2 nitrogen and oxygen atoms in total. The molecule has 18 heavy (non-hydrogen) atoms. The van der Waals surface area contributed by atoms with Gasteiger partial charge in [0.25, 0.3) is 0 Å². The van der Waals surface area contributed by atoms with E-state index in [4.69, 9.17) is 0 Å². The van der Waals surface area contributed by atoms with E-state index < -0.39 is 0 Å². The minimum absolute atomic E-state index is 0.534. The maximum atomic E-state index is 3.63. The Kier molecular flexibility index (Phi) is 5.22. The van der Waals surface area contributed by atoms with Crippen LogP contribution in [-0.4, -0.2) is 26.7 Å². The number of halogens is 1. The second-order valence-corrected chi connectivity index (χ2v) is 6.36. The summed E-state index contributed by atoms with van der Waals surface area (Å²) in [6.07, 6.45) is 5.25. The number of nitrogens with one attached hydrogen (secondary N) is 2. The van der Waals surface area contributed by atoms with Gasteiger partial charge < -0.3 is 10.6 Å². The first kappa shape index (κ1) is 14.0. The molecule has 0 radical (unpaired) electrons. The molecule has 0 bridgehead atoms. The van der Waals surface area contributed by atoms with Gasteiger partial charge in [-0.1, -0.05) is 34.5 Å². The summed E-state index contributed by atoms with van der Waals surface area (Å²) in [4.78, 5) is 0. The van der Waals surface area contributed by atoms with Crippen molar-refractivity contribution in [2.24, 2.45) is 5.41 Å². The molecule has 0 aromatic heterocycles. The third-order valence-electron chi connectivity index (χ3n) is 3.95. The number of hydrogen-bond donors (Lipinski definition) is 2. The van der Waals surface area contributed by atoms with Crippen LogP contribution in [-0.2, 0) is 6.42 Å². The fourth-order valence-electron chi connectivity index (χ4n) is 2.75. The minimum atomic E-state index is 0.534. The molecule has 1 fully saturated rings.